The molecule has 0 atom stereocenters. The van der Waals surface area contributed by atoms with Crippen LogP contribution < -0.4 is 5.73 Å². The lowest BCUT2D eigenvalue weighted by molar-refractivity contribution is 0.895. The van der Waals surface area contributed by atoms with Crippen molar-refractivity contribution in [2.24, 2.45) is 5.73 Å². The lowest BCUT2D eigenvalue weighted by atomic mass is 10.2. The molecule has 100 valence electrons. The number of thiocarbonyl (C=S) groups is 1. The average molecular weight is 302 g/mol. The molecule has 0 radical (unpaired) electrons. The lowest BCUT2D eigenvalue weighted by Gasteiger charge is -2.08. The number of halogens is 1. The zero-order chi connectivity index (χ0) is 14.1. The molecule has 0 aliphatic heterocycles. The number of benzene rings is 2. The molecule has 0 spiro atoms. The normalized spacial score (nSPS) is 10.8. The highest BCUT2D eigenvalue weighted by molar-refractivity contribution is 7.80. The van der Waals surface area contributed by atoms with Gasteiger partial charge in [0.15, 0.2) is 0 Å². The van der Waals surface area contributed by atoms with Crippen LogP contribution >= 0.6 is 23.8 Å². The highest BCUT2D eigenvalue weighted by Gasteiger charge is 2.13. The molecular formula is C15H12ClN3S. The van der Waals surface area contributed by atoms with Gasteiger partial charge in [0.1, 0.15) is 5.82 Å². The molecular weight excluding hydrogens is 290 g/mol. The van der Waals surface area contributed by atoms with Crippen LogP contribution in [0.4, 0.5) is 0 Å². The Hall–Kier alpha value is -1.91. The molecule has 2 aromatic carbocycles. The van der Waals surface area contributed by atoms with Gasteiger partial charge < -0.3 is 10.3 Å². The molecule has 0 saturated carbocycles. The second-order valence-electron chi connectivity index (χ2n) is 4.49. The van der Waals surface area contributed by atoms with E-state index in [2.05, 4.69) is 4.98 Å². The van der Waals surface area contributed by atoms with Crippen molar-refractivity contribution in [3.05, 3.63) is 53.6 Å². The third-order valence-electron chi connectivity index (χ3n) is 3.05. The van der Waals surface area contributed by atoms with Crippen LogP contribution in [0.1, 0.15) is 0 Å². The Morgan fingerprint density at radius 1 is 1.20 bits per heavy atom. The molecule has 0 aliphatic carbocycles. The zero-order valence-corrected chi connectivity index (χ0v) is 12.2. The van der Waals surface area contributed by atoms with Crippen LogP contribution in [0, 0.1) is 0 Å². The van der Waals surface area contributed by atoms with Crippen molar-refractivity contribution in [1.29, 1.82) is 0 Å². The van der Waals surface area contributed by atoms with Gasteiger partial charge in [0, 0.05) is 10.6 Å². The van der Waals surface area contributed by atoms with E-state index in [1.807, 2.05) is 53.1 Å². The first-order valence-corrected chi connectivity index (χ1v) is 6.93. The van der Waals surface area contributed by atoms with Crippen molar-refractivity contribution in [3.63, 3.8) is 0 Å². The third-order valence-corrected chi connectivity index (χ3v) is 3.42. The molecule has 1 aromatic heterocycles. The zero-order valence-electron chi connectivity index (χ0n) is 10.6. The van der Waals surface area contributed by atoms with Crippen LogP contribution in [0.2, 0.25) is 5.02 Å². The summed E-state index contributed by atoms with van der Waals surface area (Å²) >= 11 is 11.1. The predicted octanol–water partition coefficient (Wildman–Crippen LogP) is 3.64. The number of nitrogens with two attached hydrogens (primary N) is 1. The minimum absolute atomic E-state index is 0.427. The maximum absolute atomic E-state index is 6.06. The van der Waals surface area contributed by atoms with Gasteiger partial charge in [0.05, 0.1) is 22.6 Å². The van der Waals surface area contributed by atoms with E-state index in [-0.39, 0.29) is 0 Å². The first-order chi connectivity index (χ1) is 9.65. The quantitative estimate of drug-likeness (QED) is 0.751. The summed E-state index contributed by atoms with van der Waals surface area (Å²) in [6.07, 6.45) is 0. The standard InChI is InChI=1S/C15H12ClN3S/c16-11-5-3-4-10(8-11)15-18-12-6-1-2-7-13(12)19(15)9-14(17)20/h1-8H,9H2,(H2,17,20). The topological polar surface area (TPSA) is 43.8 Å². The molecule has 0 fully saturated rings. The van der Waals surface area contributed by atoms with Gasteiger partial charge in [-0.15, -0.1) is 0 Å². The highest BCUT2D eigenvalue weighted by atomic mass is 35.5. The van der Waals surface area contributed by atoms with E-state index in [1.165, 1.54) is 0 Å². The van der Waals surface area contributed by atoms with Gasteiger partial charge in [-0.25, -0.2) is 4.98 Å². The molecule has 3 aromatic rings. The molecule has 2 N–H and O–H groups in total. The van der Waals surface area contributed by atoms with Gasteiger partial charge in [0.25, 0.3) is 0 Å². The van der Waals surface area contributed by atoms with E-state index in [9.17, 15) is 0 Å². The molecule has 3 nitrogen and oxygen atoms in total. The molecule has 0 aliphatic rings. The first-order valence-electron chi connectivity index (χ1n) is 6.14. The average Bonchev–Trinajstić information content (AvgIpc) is 2.77. The molecule has 0 unspecified atom stereocenters. The SMILES string of the molecule is NC(=S)Cn1c(-c2cccc(Cl)c2)nc2ccccc21. The minimum atomic E-state index is 0.427. The number of imidazole rings is 1. The Kier molecular flexibility index (Phi) is 3.42. The number of para-hydroxylation sites is 2. The summed E-state index contributed by atoms with van der Waals surface area (Å²) in [5.74, 6) is 0.821. The summed E-state index contributed by atoms with van der Waals surface area (Å²) in [5, 5.41) is 0.677. The smallest absolute Gasteiger partial charge is 0.141 e. The van der Waals surface area contributed by atoms with Gasteiger partial charge in [0.2, 0.25) is 0 Å². The second-order valence-corrected chi connectivity index (χ2v) is 5.45. The van der Waals surface area contributed by atoms with E-state index >= 15 is 0 Å². The van der Waals surface area contributed by atoms with Crippen LogP contribution in [0.15, 0.2) is 48.5 Å². The number of hydrogen-bond acceptors (Lipinski definition) is 2. The fraction of sp³-hybridized carbons (Fsp3) is 0.0667. The van der Waals surface area contributed by atoms with Crippen LogP contribution in [0.5, 0.6) is 0 Å². The fourth-order valence-corrected chi connectivity index (χ4v) is 2.56. The summed E-state index contributed by atoms with van der Waals surface area (Å²) in [4.78, 5) is 5.09. The first kappa shape index (κ1) is 13.1. The van der Waals surface area contributed by atoms with Crippen LogP contribution in [-0.4, -0.2) is 14.5 Å². The Morgan fingerprint density at radius 2 is 2.00 bits per heavy atom. The molecule has 3 rings (SSSR count). The number of nitrogens with zero attached hydrogens (tertiary/aromatic N) is 2. The number of fused-ring (bicyclic) bond motifs is 1. The Morgan fingerprint density at radius 3 is 2.75 bits per heavy atom. The molecule has 0 amide bonds. The molecule has 5 heteroatoms. The van der Waals surface area contributed by atoms with Gasteiger partial charge in [-0.2, -0.15) is 0 Å². The second kappa shape index (κ2) is 5.23. The number of rotatable bonds is 3. The van der Waals surface area contributed by atoms with Crippen molar-refractivity contribution >= 4 is 39.8 Å². The van der Waals surface area contributed by atoms with E-state index in [0.29, 0.717) is 16.6 Å². The molecule has 0 saturated heterocycles. The van der Waals surface area contributed by atoms with Gasteiger partial charge in [-0.1, -0.05) is 48.1 Å². The van der Waals surface area contributed by atoms with Crippen molar-refractivity contribution in [3.8, 4) is 11.4 Å². The number of aromatic nitrogens is 2. The van der Waals surface area contributed by atoms with Crippen molar-refractivity contribution in [1.82, 2.24) is 9.55 Å². The number of hydrogen-bond donors (Lipinski definition) is 1. The highest BCUT2D eigenvalue weighted by Crippen LogP contribution is 2.26. The van der Waals surface area contributed by atoms with Crippen molar-refractivity contribution < 1.29 is 0 Å². The van der Waals surface area contributed by atoms with Gasteiger partial charge in [-0.3, -0.25) is 0 Å². The van der Waals surface area contributed by atoms with E-state index < -0.39 is 0 Å². The van der Waals surface area contributed by atoms with E-state index in [1.54, 1.807) is 0 Å². The maximum atomic E-state index is 6.06. The van der Waals surface area contributed by atoms with Crippen molar-refractivity contribution in [2.45, 2.75) is 6.54 Å². The van der Waals surface area contributed by atoms with Crippen LogP contribution in [0.25, 0.3) is 22.4 Å². The summed E-state index contributed by atoms with van der Waals surface area (Å²) in [7, 11) is 0. The largest absolute Gasteiger partial charge is 0.392 e. The van der Waals surface area contributed by atoms with Crippen molar-refractivity contribution in [2.75, 3.05) is 0 Å². The molecule has 1 heterocycles. The summed E-state index contributed by atoms with van der Waals surface area (Å²) in [6, 6.07) is 15.5. The summed E-state index contributed by atoms with van der Waals surface area (Å²) in [5.41, 5.74) is 8.58. The summed E-state index contributed by atoms with van der Waals surface area (Å²) in [6.45, 7) is 0.456. The van der Waals surface area contributed by atoms with Crippen LogP contribution in [0.3, 0.4) is 0 Å². The minimum Gasteiger partial charge on any atom is -0.392 e. The van der Waals surface area contributed by atoms with Gasteiger partial charge in [-0.05, 0) is 24.3 Å². The Labute approximate surface area is 127 Å². The predicted molar refractivity (Wildman–Crippen MR) is 87.0 cm³/mol. The lowest BCUT2D eigenvalue weighted by Crippen LogP contribution is -2.17. The molecule has 20 heavy (non-hydrogen) atoms. The Balaban J connectivity index is 2.26. The van der Waals surface area contributed by atoms with E-state index in [4.69, 9.17) is 29.6 Å². The third kappa shape index (κ3) is 2.40. The van der Waals surface area contributed by atoms with Gasteiger partial charge >= 0.3 is 0 Å². The van der Waals surface area contributed by atoms with Crippen LogP contribution in [-0.2, 0) is 6.54 Å². The fourth-order valence-electron chi connectivity index (χ4n) is 2.24. The maximum Gasteiger partial charge on any atom is 0.141 e. The molecule has 0 bridgehead atoms. The summed E-state index contributed by atoms with van der Waals surface area (Å²) < 4.78 is 2.02. The Bertz CT molecular complexity index is 795. The monoisotopic (exact) mass is 301 g/mol. The van der Waals surface area contributed by atoms with E-state index in [0.717, 1.165) is 22.4 Å².